The fraction of sp³-hybridized carbons (Fsp3) is 0.111. The molecule has 1 rings (SSSR count). The van der Waals surface area contributed by atoms with E-state index in [0.29, 0.717) is 6.54 Å². The number of nitrogens with one attached hydrogen (secondary N) is 1. The molecule has 0 saturated heterocycles. The molecule has 0 heterocycles. The maximum atomic E-state index is 12.4. The molecule has 0 atom stereocenters. The van der Waals surface area contributed by atoms with Crippen LogP contribution >= 0.6 is 0 Å². The van der Waals surface area contributed by atoms with Crippen molar-refractivity contribution in [2.24, 2.45) is 4.99 Å². The number of halogens is 1. The monoisotopic (exact) mass is 177 g/mol. The average Bonchev–Trinajstić information content (AvgIpc) is 2.15. The molecule has 0 amide bonds. The maximum Gasteiger partial charge on any atom is 0.207 e. The van der Waals surface area contributed by atoms with Gasteiger partial charge in [-0.1, -0.05) is 12.1 Å². The first-order valence-electron chi connectivity index (χ1n) is 3.71. The summed E-state index contributed by atoms with van der Waals surface area (Å²) in [6.07, 6.45) is 2.92. The first-order valence-corrected chi connectivity index (χ1v) is 3.71. The van der Waals surface area contributed by atoms with Crippen LogP contribution in [0.2, 0.25) is 0 Å². The van der Waals surface area contributed by atoms with Crippen LogP contribution in [-0.4, -0.2) is 6.34 Å². The molecule has 1 aromatic carbocycles. The smallest absolute Gasteiger partial charge is 0.207 e. The topological polar surface area (TPSA) is 48.2 Å². The number of nitrogens with zero attached hydrogens (tertiary/aromatic N) is 2. The molecule has 66 valence electrons. The van der Waals surface area contributed by atoms with Crippen molar-refractivity contribution < 1.29 is 4.39 Å². The van der Waals surface area contributed by atoms with Gasteiger partial charge in [0.15, 0.2) is 0 Å². The van der Waals surface area contributed by atoms with Gasteiger partial charge < -0.3 is 5.32 Å². The van der Waals surface area contributed by atoms with Gasteiger partial charge in [0.25, 0.3) is 0 Å². The lowest BCUT2D eigenvalue weighted by Crippen LogP contribution is -2.09. The normalized spacial score (nSPS) is 9.85. The molecule has 0 fully saturated rings. The number of hydrogen-bond donors (Lipinski definition) is 1. The number of aliphatic imine (C=N–C) groups is 1. The lowest BCUT2D eigenvalue weighted by atomic mass is 10.2. The SMILES string of the molecule is N#CN=CNCc1ccc(F)cc1. The van der Waals surface area contributed by atoms with Crippen molar-refractivity contribution in [1.29, 1.82) is 5.26 Å². The van der Waals surface area contributed by atoms with Crippen LogP contribution in [-0.2, 0) is 6.54 Å². The van der Waals surface area contributed by atoms with Gasteiger partial charge in [-0.2, -0.15) is 10.3 Å². The Balaban J connectivity index is 2.42. The van der Waals surface area contributed by atoms with Crippen LogP contribution < -0.4 is 5.32 Å². The van der Waals surface area contributed by atoms with Crippen molar-refractivity contribution >= 4 is 6.34 Å². The lowest BCUT2D eigenvalue weighted by molar-refractivity contribution is 0.627. The predicted octanol–water partition coefficient (Wildman–Crippen LogP) is 1.42. The van der Waals surface area contributed by atoms with Crippen LogP contribution in [0.25, 0.3) is 0 Å². The molecule has 13 heavy (non-hydrogen) atoms. The molecule has 0 aliphatic rings. The fourth-order valence-corrected chi connectivity index (χ4v) is 0.840. The molecular formula is C9H8FN3. The van der Waals surface area contributed by atoms with Gasteiger partial charge >= 0.3 is 0 Å². The van der Waals surface area contributed by atoms with Crippen molar-refractivity contribution in [3.63, 3.8) is 0 Å². The summed E-state index contributed by atoms with van der Waals surface area (Å²) in [5.41, 5.74) is 0.936. The summed E-state index contributed by atoms with van der Waals surface area (Å²) < 4.78 is 12.4. The molecule has 0 aliphatic heterocycles. The Kier molecular flexibility index (Phi) is 3.45. The van der Waals surface area contributed by atoms with Crippen molar-refractivity contribution in [2.75, 3.05) is 0 Å². The van der Waals surface area contributed by atoms with E-state index in [-0.39, 0.29) is 5.82 Å². The predicted molar refractivity (Wildman–Crippen MR) is 47.3 cm³/mol. The van der Waals surface area contributed by atoms with Crippen molar-refractivity contribution in [3.8, 4) is 6.19 Å². The summed E-state index contributed by atoms with van der Waals surface area (Å²) in [5.74, 6) is -0.255. The number of nitriles is 1. The highest BCUT2D eigenvalue weighted by Crippen LogP contribution is 2.01. The van der Waals surface area contributed by atoms with E-state index in [2.05, 4.69) is 10.3 Å². The van der Waals surface area contributed by atoms with Gasteiger partial charge in [0.1, 0.15) is 12.2 Å². The van der Waals surface area contributed by atoms with Gasteiger partial charge in [0.2, 0.25) is 6.19 Å². The van der Waals surface area contributed by atoms with E-state index in [9.17, 15) is 4.39 Å². The molecule has 3 nitrogen and oxygen atoms in total. The third-order valence-corrected chi connectivity index (χ3v) is 1.43. The van der Waals surface area contributed by atoms with E-state index in [1.165, 1.54) is 18.5 Å². The van der Waals surface area contributed by atoms with Crippen LogP contribution in [0.15, 0.2) is 29.3 Å². The highest BCUT2D eigenvalue weighted by atomic mass is 19.1. The molecule has 1 N–H and O–H groups in total. The van der Waals surface area contributed by atoms with E-state index in [1.54, 1.807) is 18.3 Å². The molecule has 4 heteroatoms. The van der Waals surface area contributed by atoms with E-state index in [1.807, 2.05) is 0 Å². The molecular weight excluding hydrogens is 169 g/mol. The fourth-order valence-electron chi connectivity index (χ4n) is 0.840. The van der Waals surface area contributed by atoms with E-state index >= 15 is 0 Å². The first-order chi connectivity index (χ1) is 6.33. The van der Waals surface area contributed by atoms with Crippen LogP contribution in [0.5, 0.6) is 0 Å². The third-order valence-electron chi connectivity index (χ3n) is 1.43. The number of rotatable bonds is 3. The van der Waals surface area contributed by atoms with Crippen molar-refractivity contribution in [2.45, 2.75) is 6.54 Å². The largest absolute Gasteiger partial charge is 0.371 e. The Morgan fingerprint density at radius 1 is 1.46 bits per heavy atom. The van der Waals surface area contributed by atoms with Gasteiger partial charge in [-0.3, -0.25) is 0 Å². The summed E-state index contributed by atoms with van der Waals surface area (Å²) in [7, 11) is 0. The Bertz CT molecular complexity index is 324. The minimum Gasteiger partial charge on any atom is -0.371 e. The Hall–Kier alpha value is -1.89. The van der Waals surface area contributed by atoms with Gasteiger partial charge in [0.05, 0.1) is 0 Å². The molecule has 0 aliphatic carbocycles. The van der Waals surface area contributed by atoms with Crippen LogP contribution in [0, 0.1) is 17.3 Å². The molecule has 0 radical (unpaired) electrons. The third kappa shape index (κ3) is 3.34. The van der Waals surface area contributed by atoms with Crippen LogP contribution in [0.3, 0.4) is 0 Å². The zero-order chi connectivity index (χ0) is 9.52. The highest BCUT2D eigenvalue weighted by molar-refractivity contribution is 5.55. The van der Waals surface area contributed by atoms with Crippen LogP contribution in [0.1, 0.15) is 5.56 Å². The minimum absolute atomic E-state index is 0.255. The number of hydrogen-bond acceptors (Lipinski definition) is 2. The highest BCUT2D eigenvalue weighted by Gasteiger charge is 1.90. The summed E-state index contributed by atoms with van der Waals surface area (Å²) >= 11 is 0. The van der Waals surface area contributed by atoms with E-state index < -0.39 is 0 Å². The quantitative estimate of drug-likeness (QED) is 0.431. The van der Waals surface area contributed by atoms with E-state index in [4.69, 9.17) is 5.26 Å². The molecule has 0 unspecified atom stereocenters. The maximum absolute atomic E-state index is 12.4. The van der Waals surface area contributed by atoms with Gasteiger partial charge in [0, 0.05) is 6.54 Å². The Labute approximate surface area is 75.5 Å². The molecule has 1 aromatic rings. The summed E-state index contributed by atoms with van der Waals surface area (Å²) in [6.45, 7) is 0.533. The summed E-state index contributed by atoms with van der Waals surface area (Å²) in [6, 6.07) is 6.11. The zero-order valence-electron chi connectivity index (χ0n) is 6.87. The van der Waals surface area contributed by atoms with E-state index in [0.717, 1.165) is 5.56 Å². The Morgan fingerprint density at radius 2 is 2.15 bits per heavy atom. The second-order valence-electron chi connectivity index (χ2n) is 2.37. The van der Waals surface area contributed by atoms with Crippen LogP contribution in [0.4, 0.5) is 4.39 Å². The molecule has 0 bridgehead atoms. The van der Waals surface area contributed by atoms with Gasteiger partial charge in [-0.15, -0.1) is 0 Å². The molecule has 0 aromatic heterocycles. The average molecular weight is 177 g/mol. The second-order valence-corrected chi connectivity index (χ2v) is 2.37. The summed E-state index contributed by atoms with van der Waals surface area (Å²) in [5, 5.41) is 10.8. The van der Waals surface area contributed by atoms with Crippen molar-refractivity contribution in [1.82, 2.24) is 5.32 Å². The minimum atomic E-state index is -0.255. The molecule has 0 saturated carbocycles. The standard InChI is InChI=1S/C9H8FN3/c10-9-3-1-8(2-4-9)5-12-7-13-6-11/h1-4,7H,5H2,(H,12,13). The first kappa shape index (κ1) is 9.20. The summed E-state index contributed by atoms with van der Waals surface area (Å²) in [4.78, 5) is 3.30. The lowest BCUT2D eigenvalue weighted by Gasteiger charge is -1.98. The van der Waals surface area contributed by atoms with Crippen molar-refractivity contribution in [3.05, 3.63) is 35.6 Å². The van der Waals surface area contributed by atoms with Gasteiger partial charge in [-0.25, -0.2) is 4.39 Å². The zero-order valence-corrected chi connectivity index (χ0v) is 6.87. The second kappa shape index (κ2) is 4.88. The molecule has 0 spiro atoms. The Morgan fingerprint density at radius 3 is 2.77 bits per heavy atom. The number of benzene rings is 1. The van der Waals surface area contributed by atoms with Gasteiger partial charge in [-0.05, 0) is 17.7 Å².